The molecule has 3 amide bonds. The largest absolute Gasteiger partial charge is 0.435 e. The first-order chi connectivity index (χ1) is 11.5. The number of ether oxygens (including phenoxy) is 1. The fraction of sp³-hybridized carbons (Fsp3) is 0.467. The summed E-state index contributed by atoms with van der Waals surface area (Å²) in [5.74, 6) is -0.0815. The van der Waals surface area contributed by atoms with Crippen LogP contribution in [0, 0.1) is 0 Å². The first kappa shape index (κ1) is 17.9. The topological polar surface area (TPSA) is 73.9 Å². The molecule has 2 N–H and O–H groups in total. The van der Waals surface area contributed by atoms with Crippen LogP contribution in [0.5, 0.6) is 5.75 Å². The maximum absolute atomic E-state index is 12.2. The van der Waals surface area contributed by atoms with Crippen LogP contribution in [0.4, 0.5) is 19.3 Å². The van der Waals surface area contributed by atoms with Crippen LogP contribution in [0.2, 0.25) is 0 Å². The molecule has 1 aliphatic rings. The van der Waals surface area contributed by atoms with Crippen molar-refractivity contribution in [3.05, 3.63) is 24.3 Å². The molecule has 1 heterocycles. The predicted octanol–water partition coefficient (Wildman–Crippen LogP) is 1.18. The Morgan fingerprint density at radius 2 is 1.96 bits per heavy atom. The van der Waals surface area contributed by atoms with Gasteiger partial charge in [0.15, 0.2) is 0 Å². The van der Waals surface area contributed by atoms with Gasteiger partial charge in [-0.25, -0.2) is 4.79 Å². The highest BCUT2D eigenvalue weighted by Crippen LogP contribution is 2.19. The third-order valence-electron chi connectivity index (χ3n) is 3.62. The van der Waals surface area contributed by atoms with Crippen molar-refractivity contribution < 1.29 is 23.1 Å². The van der Waals surface area contributed by atoms with E-state index in [0.29, 0.717) is 38.4 Å². The summed E-state index contributed by atoms with van der Waals surface area (Å²) in [6.07, 6.45) is 0. The minimum Gasteiger partial charge on any atom is -0.435 e. The number of amides is 3. The molecule has 1 aromatic carbocycles. The molecule has 0 saturated carbocycles. The predicted molar refractivity (Wildman–Crippen MR) is 84.2 cm³/mol. The Morgan fingerprint density at radius 1 is 1.25 bits per heavy atom. The van der Waals surface area contributed by atoms with E-state index in [1.165, 1.54) is 18.2 Å². The molecule has 0 aliphatic carbocycles. The lowest BCUT2D eigenvalue weighted by Crippen LogP contribution is -2.51. The summed E-state index contributed by atoms with van der Waals surface area (Å²) in [5.41, 5.74) is 0.381. The van der Waals surface area contributed by atoms with E-state index in [-0.39, 0.29) is 17.7 Å². The maximum atomic E-state index is 12.2. The molecule has 132 valence electrons. The van der Waals surface area contributed by atoms with Crippen molar-refractivity contribution in [1.29, 1.82) is 0 Å². The van der Waals surface area contributed by atoms with Crippen molar-refractivity contribution in [1.82, 2.24) is 15.1 Å². The van der Waals surface area contributed by atoms with Gasteiger partial charge in [0.05, 0.1) is 6.54 Å². The quantitative estimate of drug-likeness (QED) is 0.843. The molecule has 0 bridgehead atoms. The second kappa shape index (κ2) is 8.44. The van der Waals surface area contributed by atoms with Crippen LogP contribution in [0.15, 0.2) is 24.3 Å². The molecule has 1 saturated heterocycles. The Labute approximate surface area is 138 Å². The molecule has 1 aliphatic heterocycles. The van der Waals surface area contributed by atoms with Crippen LogP contribution in [0.1, 0.15) is 0 Å². The highest BCUT2D eigenvalue weighted by atomic mass is 19.3. The lowest BCUT2D eigenvalue weighted by atomic mass is 10.3. The van der Waals surface area contributed by atoms with Gasteiger partial charge in [0.2, 0.25) is 5.91 Å². The van der Waals surface area contributed by atoms with Gasteiger partial charge in [0.1, 0.15) is 5.75 Å². The molecule has 0 aromatic heterocycles. The smallest absolute Gasteiger partial charge is 0.387 e. The van der Waals surface area contributed by atoms with E-state index in [1.807, 2.05) is 4.90 Å². The summed E-state index contributed by atoms with van der Waals surface area (Å²) in [5, 5.41) is 5.22. The van der Waals surface area contributed by atoms with Gasteiger partial charge in [-0.05, 0) is 12.1 Å². The van der Waals surface area contributed by atoms with E-state index >= 15 is 0 Å². The zero-order valence-electron chi connectivity index (χ0n) is 13.3. The van der Waals surface area contributed by atoms with Gasteiger partial charge in [-0.15, -0.1) is 0 Å². The Bertz CT molecular complexity index is 578. The van der Waals surface area contributed by atoms with E-state index in [1.54, 1.807) is 18.0 Å². The average Bonchev–Trinajstić information content (AvgIpc) is 2.55. The SMILES string of the molecule is CNC(=O)CN1CCN(C(=O)Nc2cccc(OC(F)F)c2)CC1. The number of rotatable bonds is 5. The van der Waals surface area contributed by atoms with Crippen molar-refractivity contribution in [3.63, 3.8) is 0 Å². The van der Waals surface area contributed by atoms with Crippen LogP contribution in [0.3, 0.4) is 0 Å². The number of halogens is 2. The molecule has 24 heavy (non-hydrogen) atoms. The number of anilines is 1. The molecule has 0 spiro atoms. The van der Waals surface area contributed by atoms with Crippen molar-refractivity contribution in [2.45, 2.75) is 6.61 Å². The first-order valence-corrected chi connectivity index (χ1v) is 7.51. The second-order valence-electron chi connectivity index (χ2n) is 5.27. The fourth-order valence-corrected chi connectivity index (χ4v) is 2.34. The molecule has 0 unspecified atom stereocenters. The first-order valence-electron chi connectivity index (χ1n) is 7.51. The Balaban J connectivity index is 1.84. The van der Waals surface area contributed by atoms with Crippen molar-refractivity contribution in [2.75, 3.05) is 45.1 Å². The molecule has 7 nitrogen and oxygen atoms in total. The highest BCUT2D eigenvalue weighted by Gasteiger charge is 2.22. The van der Waals surface area contributed by atoms with Crippen LogP contribution in [0.25, 0.3) is 0 Å². The number of carbonyl (C=O) groups is 2. The van der Waals surface area contributed by atoms with Gasteiger partial charge < -0.3 is 20.3 Å². The number of piperazine rings is 1. The summed E-state index contributed by atoms with van der Waals surface area (Å²) >= 11 is 0. The van der Waals surface area contributed by atoms with Crippen LogP contribution in [-0.2, 0) is 4.79 Å². The highest BCUT2D eigenvalue weighted by molar-refractivity contribution is 5.89. The fourth-order valence-electron chi connectivity index (χ4n) is 2.34. The number of nitrogens with one attached hydrogen (secondary N) is 2. The maximum Gasteiger partial charge on any atom is 0.387 e. The minimum atomic E-state index is -2.91. The third kappa shape index (κ3) is 5.34. The molecular weight excluding hydrogens is 322 g/mol. The standard InChI is InChI=1S/C15H20F2N4O3/c1-18-13(22)10-20-5-7-21(8-6-20)15(23)19-11-3-2-4-12(9-11)24-14(16)17/h2-4,9,14H,5-8,10H2,1H3,(H,18,22)(H,19,23). The van der Waals surface area contributed by atoms with Crippen LogP contribution in [-0.4, -0.2) is 68.1 Å². The monoisotopic (exact) mass is 342 g/mol. The summed E-state index contributed by atoms with van der Waals surface area (Å²) in [6, 6.07) is 5.53. The summed E-state index contributed by atoms with van der Waals surface area (Å²) in [7, 11) is 1.58. The van der Waals surface area contributed by atoms with Gasteiger partial charge in [-0.2, -0.15) is 8.78 Å². The van der Waals surface area contributed by atoms with Gasteiger partial charge in [0.25, 0.3) is 0 Å². The lowest BCUT2D eigenvalue weighted by Gasteiger charge is -2.34. The van der Waals surface area contributed by atoms with Gasteiger partial charge in [-0.1, -0.05) is 6.07 Å². The number of benzene rings is 1. The summed E-state index contributed by atoms with van der Waals surface area (Å²) in [6.45, 7) is -0.458. The molecule has 2 rings (SSSR count). The average molecular weight is 342 g/mol. The van der Waals surface area contributed by atoms with Gasteiger partial charge >= 0.3 is 12.6 Å². The Kier molecular flexibility index (Phi) is 6.30. The summed E-state index contributed by atoms with van der Waals surface area (Å²) < 4.78 is 28.7. The zero-order chi connectivity index (χ0) is 17.5. The molecular formula is C15H20F2N4O3. The van der Waals surface area contributed by atoms with E-state index in [4.69, 9.17) is 0 Å². The number of hydrogen-bond acceptors (Lipinski definition) is 4. The molecule has 1 fully saturated rings. The van der Waals surface area contributed by atoms with E-state index in [0.717, 1.165) is 0 Å². The van der Waals surface area contributed by atoms with Crippen molar-refractivity contribution >= 4 is 17.6 Å². The number of likely N-dealkylation sites (N-methyl/N-ethyl adjacent to an activating group) is 1. The summed E-state index contributed by atoms with van der Waals surface area (Å²) in [4.78, 5) is 27.1. The number of carbonyl (C=O) groups excluding carboxylic acids is 2. The van der Waals surface area contributed by atoms with Crippen LogP contribution < -0.4 is 15.4 Å². The lowest BCUT2D eigenvalue weighted by molar-refractivity contribution is -0.122. The molecule has 1 aromatic rings. The normalized spacial score (nSPS) is 15.2. The Hall–Kier alpha value is -2.42. The van der Waals surface area contributed by atoms with Gasteiger partial charge in [0, 0.05) is 45.0 Å². The Morgan fingerprint density at radius 3 is 2.58 bits per heavy atom. The number of urea groups is 1. The van der Waals surface area contributed by atoms with Gasteiger partial charge in [-0.3, -0.25) is 9.69 Å². The third-order valence-corrected chi connectivity index (χ3v) is 3.62. The van der Waals surface area contributed by atoms with E-state index in [2.05, 4.69) is 15.4 Å². The number of hydrogen-bond donors (Lipinski definition) is 2. The zero-order valence-corrected chi connectivity index (χ0v) is 13.3. The second-order valence-corrected chi connectivity index (χ2v) is 5.27. The van der Waals surface area contributed by atoms with Crippen molar-refractivity contribution in [2.24, 2.45) is 0 Å². The molecule has 0 atom stereocenters. The van der Waals surface area contributed by atoms with Crippen molar-refractivity contribution in [3.8, 4) is 5.75 Å². The number of alkyl halides is 2. The minimum absolute atomic E-state index is 0.0156. The van der Waals surface area contributed by atoms with E-state index in [9.17, 15) is 18.4 Å². The molecule has 9 heteroatoms. The number of nitrogens with zero attached hydrogens (tertiary/aromatic N) is 2. The van der Waals surface area contributed by atoms with Crippen LogP contribution >= 0.6 is 0 Å². The van der Waals surface area contributed by atoms with E-state index < -0.39 is 6.61 Å². The molecule has 0 radical (unpaired) electrons.